The number of carbonyl (C=O) groups is 1. The molecule has 0 bridgehead atoms. The van der Waals surface area contributed by atoms with E-state index >= 15 is 0 Å². The third-order valence-corrected chi connectivity index (χ3v) is 7.27. The minimum Gasteiger partial charge on any atom is -0.461 e. The van der Waals surface area contributed by atoms with Crippen molar-refractivity contribution in [2.24, 2.45) is 0 Å². The van der Waals surface area contributed by atoms with Gasteiger partial charge in [0.2, 0.25) is 0 Å². The van der Waals surface area contributed by atoms with Gasteiger partial charge in [-0.25, -0.2) is 0 Å². The number of hydrogen-bond donors (Lipinski definition) is 0. The van der Waals surface area contributed by atoms with E-state index in [2.05, 4.69) is 74.0 Å². The van der Waals surface area contributed by atoms with Crippen LogP contribution in [-0.4, -0.2) is 5.78 Å². The fourth-order valence-electron chi connectivity index (χ4n) is 5.18. The van der Waals surface area contributed by atoms with Crippen molar-refractivity contribution in [2.75, 3.05) is 0 Å². The maximum absolute atomic E-state index is 13.2. The predicted molar refractivity (Wildman–Crippen MR) is 129 cm³/mol. The molecule has 1 aliphatic heterocycles. The van der Waals surface area contributed by atoms with Gasteiger partial charge in [-0.15, -0.1) is 0 Å². The van der Waals surface area contributed by atoms with Crippen LogP contribution in [0.15, 0.2) is 58.3 Å². The minimum absolute atomic E-state index is 0.0937. The predicted octanol–water partition coefficient (Wildman–Crippen LogP) is 7.83. The molecule has 1 aromatic rings. The van der Waals surface area contributed by atoms with Crippen molar-refractivity contribution >= 4 is 21.7 Å². The van der Waals surface area contributed by atoms with E-state index < -0.39 is 0 Å². The number of aryl methyl sites for hydroxylation is 2. The first-order valence-corrected chi connectivity index (χ1v) is 11.9. The Labute approximate surface area is 192 Å². The molecule has 1 unspecified atom stereocenters. The Bertz CT molecular complexity index is 1220. The molecular formula is C28H27BrO2. The van der Waals surface area contributed by atoms with Crippen LogP contribution in [-0.2, 0) is 4.79 Å². The first-order valence-electron chi connectivity index (χ1n) is 11.1. The summed E-state index contributed by atoms with van der Waals surface area (Å²) in [6.45, 7) is 8.85. The summed E-state index contributed by atoms with van der Waals surface area (Å²) in [4.78, 5) is 13.2. The largest absolute Gasteiger partial charge is 0.461 e. The smallest absolute Gasteiger partial charge is 0.163 e. The Kier molecular flexibility index (Phi) is 5.05. The van der Waals surface area contributed by atoms with Crippen LogP contribution in [0.3, 0.4) is 0 Å². The zero-order valence-corrected chi connectivity index (χ0v) is 20.1. The molecule has 0 spiro atoms. The Morgan fingerprint density at radius 2 is 1.77 bits per heavy atom. The van der Waals surface area contributed by atoms with Crippen molar-refractivity contribution in [1.29, 1.82) is 0 Å². The van der Waals surface area contributed by atoms with Gasteiger partial charge in [0, 0.05) is 34.4 Å². The van der Waals surface area contributed by atoms with Crippen LogP contribution in [0.5, 0.6) is 5.75 Å². The maximum atomic E-state index is 13.2. The molecule has 0 N–H and O–H groups in total. The van der Waals surface area contributed by atoms with E-state index in [1.54, 1.807) is 0 Å². The molecule has 5 rings (SSSR count). The molecule has 0 saturated heterocycles. The van der Waals surface area contributed by atoms with Crippen LogP contribution in [0.4, 0.5) is 0 Å². The summed E-state index contributed by atoms with van der Waals surface area (Å²) in [6.07, 6.45) is 2.29. The van der Waals surface area contributed by atoms with Crippen LogP contribution in [0.25, 0.3) is 11.1 Å². The van der Waals surface area contributed by atoms with Crippen LogP contribution in [0, 0.1) is 13.8 Å². The second-order valence-corrected chi connectivity index (χ2v) is 10.1. The molecule has 158 valence electrons. The molecule has 31 heavy (non-hydrogen) atoms. The number of carbonyl (C=O) groups excluding carboxylic acids is 1. The Hall–Kier alpha value is -2.39. The van der Waals surface area contributed by atoms with Gasteiger partial charge in [0.1, 0.15) is 11.5 Å². The normalized spacial score (nSPS) is 18.3. The van der Waals surface area contributed by atoms with E-state index in [1.807, 2.05) is 12.1 Å². The fourth-order valence-corrected chi connectivity index (χ4v) is 5.56. The van der Waals surface area contributed by atoms with E-state index in [4.69, 9.17) is 4.74 Å². The molecular weight excluding hydrogens is 448 g/mol. The molecule has 3 heteroatoms. The summed E-state index contributed by atoms with van der Waals surface area (Å²) in [7, 11) is 0. The molecule has 0 fully saturated rings. The Balaban J connectivity index is 1.81. The highest BCUT2D eigenvalue weighted by molar-refractivity contribution is 9.10. The number of halogens is 1. The van der Waals surface area contributed by atoms with E-state index in [9.17, 15) is 4.79 Å². The number of ketones is 1. The fraction of sp³-hybridized carbons (Fsp3) is 0.321. The Morgan fingerprint density at radius 3 is 2.55 bits per heavy atom. The van der Waals surface area contributed by atoms with Gasteiger partial charge in [0.25, 0.3) is 0 Å². The van der Waals surface area contributed by atoms with Gasteiger partial charge < -0.3 is 4.74 Å². The minimum atomic E-state index is -0.0937. The lowest BCUT2D eigenvalue weighted by Gasteiger charge is -2.33. The van der Waals surface area contributed by atoms with E-state index in [1.165, 1.54) is 33.4 Å². The molecule has 1 atom stereocenters. The zero-order chi connectivity index (χ0) is 21.9. The lowest BCUT2D eigenvalue weighted by molar-refractivity contribution is -0.116. The monoisotopic (exact) mass is 474 g/mol. The van der Waals surface area contributed by atoms with E-state index in [-0.39, 0.29) is 11.7 Å². The second kappa shape index (κ2) is 7.63. The van der Waals surface area contributed by atoms with Gasteiger partial charge in [-0.05, 0) is 77.8 Å². The third-order valence-electron chi connectivity index (χ3n) is 6.78. The molecule has 0 amide bonds. The molecule has 0 saturated carbocycles. The topological polar surface area (TPSA) is 26.3 Å². The third kappa shape index (κ3) is 3.34. The summed E-state index contributed by atoms with van der Waals surface area (Å²) in [5.74, 6) is 2.33. The first-order chi connectivity index (χ1) is 14.8. The van der Waals surface area contributed by atoms with Gasteiger partial charge in [-0.3, -0.25) is 4.79 Å². The second-order valence-electron chi connectivity index (χ2n) is 9.22. The van der Waals surface area contributed by atoms with Crippen molar-refractivity contribution in [2.45, 2.75) is 58.8 Å². The number of rotatable bonds is 2. The van der Waals surface area contributed by atoms with Crippen molar-refractivity contribution in [3.8, 4) is 16.9 Å². The number of fused-ring (bicyclic) bond motifs is 2. The van der Waals surface area contributed by atoms with Crippen LogP contribution >= 0.6 is 15.9 Å². The average molecular weight is 475 g/mol. The number of Topliss-reactive ketones (excluding diaryl/α,β-unsaturated/α-hetero) is 1. The molecule has 1 aromatic carbocycles. The SMILES string of the molecule is Cc1cc(C2C3=C(CCCC3=O)Oc3ccc(Br)cc32)c2c(C)ccc(C(C)C)cc1-2. The number of ether oxygens (including phenoxy) is 1. The van der Waals surface area contributed by atoms with Crippen molar-refractivity contribution in [1.82, 2.24) is 0 Å². The van der Waals surface area contributed by atoms with Crippen molar-refractivity contribution in [3.05, 3.63) is 86.1 Å². The maximum Gasteiger partial charge on any atom is 0.163 e. The van der Waals surface area contributed by atoms with Crippen LogP contribution < -0.4 is 4.74 Å². The van der Waals surface area contributed by atoms with Gasteiger partial charge in [-0.2, -0.15) is 0 Å². The number of allylic oxidation sites excluding steroid dienone is 2. The molecule has 0 radical (unpaired) electrons. The van der Waals surface area contributed by atoms with Gasteiger partial charge in [-0.1, -0.05) is 54.0 Å². The molecule has 1 heterocycles. The number of hydrogen-bond acceptors (Lipinski definition) is 2. The lowest BCUT2D eigenvalue weighted by Crippen LogP contribution is -2.25. The van der Waals surface area contributed by atoms with Gasteiger partial charge in [0.15, 0.2) is 5.78 Å². The molecule has 3 aliphatic carbocycles. The van der Waals surface area contributed by atoms with Crippen molar-refractivity contribution in [3.63, 3.8) is 0 Å². The summed E-state index contributed by atoms with van der Waals surface area (Å²) in [6, 6.07) is 15.3. The molecule has 0 aromatic heterocycles. The van der Waals surface area contributed by atoms with Crippen LogP contribution in [0.1, 0.15) is 72.8 Å². The van der Waals surface area contributed by atoms with Gasteiger partial charge >= 0.3 is 0 Å². The highest BCUT2D eigenvalue weighted by Gasteiger charge is 2.38. The molecule has 4 aliphatic rings. The Morgan fingerprint density at radius 1 is 0.968 bits per heavy atom. The van der Waals surface area contributed by atoms with E-state index in [0.717, 1.165) is 40.0 Å². The van der Waals surface area contributed by atoms with E-state index in [0.29, 0.717) is 12.3 Å². The summed E-state index contributed by atoms with van der Waals surface area (Å²) >= 11 is 3.64. The first kappa shape index (κ1) is 20.5. The lowest BCUT2D eigenvalue weighted by atomic mass is 9.76. The highest BCUT2D eigenvalue weighted by atomic mass is 79.9. The zero-order valence-electron chi connectivity index (χ0n) is 18.5. The average Bonchev–Trinajstić information content (AvgIpc) is 2.93. The van der Waals surface area contributed by atoms with Crippen molar-refractivity contribution < 1.29 is 9.53 Å². The quantitative estimate of drug-likeness (QED) is 0.378. The highest BCUT2D eigenvalue weighted by Crippen LogP contribution is 2.51. The number of benzene rings is 1. The van der Waals surface area contributed by atoms with Gasteiger partial charge in [0.05, 0.1) is 0 Å². The standard InChI is InChI=1S/C28H27BrO2/c1-15(2)18-9-8-16(3)26-20(13-18)17(4)12-22(26)27-21-14-19(29)10-11-24(21)31-25-7-5-6-23(30)28(25)27/h8-15,27H,5-7H2,1-4H3. The summed E-state index contributed by atoms with van der Waals surface area (Å²) in [5, 5.41) is 0. The summed E-state index contributed by atoms with van der Waals surface area (Å²) < 4.78 is 7.27. The summed E-state index contributed by atoms with van der Waals surface area (Å²) in [5.41, 5.74) is 9.56. The van der Waals surface area contributed by atoms with Crippen LogP contribution in [0.2, 0.25) is 0 Å². The molecule has 2 nitrogen and oxygen atoms in total.